The monoisotopic (exact) mass is 261 g/mol. The second kappa shape index (κ2) is 6.58. The Morgan fingerprint density at radius 1 is 1.39 bits per heavy atom. The molecule has 0 aliphatic rings. The van der Waals surface area contributed by atoms with Gasteiger partial charge in [-0.25, -0.2) is 4.98 Å². The van der Waals surface area contributed by atoms with E-state index in [0.29, 0.717) is 19.0 Å². The van der Waals surface area contributed by atoms with E-state index < -0.39 is 11.9 Å². The summed E-state index contributed by atoms with van der Waals surface area (Å²) in [6.45, 7) is 3.19. The fraction of sp³-hybridized carbons (Fsp3) is 0.583. The van der Waals surface area contributed by atoms with Crippen molar-refractivity contribution >= 4 is 5.82 Å². The molecule has 102 valence electrons. The van der Waals surface area contributed by atoms with Crippen LogP contribution in [0.25, 0.3) is 0 Å². The van der Waals surface area contributed by atoms with Crippen LogP contribution in [0.15, 0.2) is 18.2 Å². The predicted molar refractivity (Wildman–Crippen MR) is 65.2 cm³/mol. The maximum absolute atomic E-state index is 12.4. The van der Waals surface area contributed by atoms with E-state index in [1.807, 2.05) is 6.92 Å². The molecule has 6 heteroatoms. The van der Waals surface area contributed by atoms with Gasteiger partial charge in [-0.05, 0) is 31.0 Å². The quantitative estimate of drug-likeness (QED) is 0.827. The van der Waals surface area contributed by atoms with Gasteiger partial charge in [0.05, 0.1) is 0 Å². The molecule has 3 nitrogen and oxygen atoms in total. The van der Waals surface area contributed by atoms with Gasteiger partial charge in [-0.1, -0.05) is 19.4 Å². The number of pyridine rings is 1. The van der Waals surface area contributed by atoms with Crippen molar-refractivity contribution in [1.29, 1.82) is 0 Å². The molecule has 0 aliphatic heterocycles. The summed E-state index contributed by atoms with van der Waals surface area (Å²) in [7, 11) is 0. The normalized spacial score (nSPS) is 13.4. The van der Waals surface area contributed by atoms with Crippen LogP contribution in [0.4, 0.5) is 19.0 Å². The molecule has 1 rings (SSSR count). The smallest absolute Gasteiger partial charge is 0.370 e. The summed E-state index contributed by atoms with van der Waals surface area (Å²) in [5.74, 6) is 0.603. The van der Waals surface area contributed by atoms with Gasteiger partial charge in [0.15, 0.2) is 0 Å². The number of anilines is 1. The summed E-state index contributed by atoms with van der Waals surface area (Å²) in [6.07, 6.45) is -2.62. The van der Waals surface area contributed by atoms with E-state index >= 15 is 0 Å². The molecule has 1 heterocycles. The topological polar surface area (TPSA) is 50.9 Å². The van der Waals surface area contributed by atoms with Crippen molar-refractivity contribution in [2.24, 2.45) is 11.7 Å². The van der Waals surface area contributed by atoms with Gasteiger partial charge < -0.3 is 11.1 Å². The number of halogens is 3. The molecule has 0 aliphatic carbocycles. The van der Waals surface area contributed by atoms with Crippen LogP contribution in [0.5, 0.6) is 0 Å². The summed E-state index contributed by atoms with van der Waals surface area (Å²) in [6, 6.07) is 3.84. The average molecular weight is 261 g/mol. The van der Waals surface area contributed by atoms with Gasteiger partial charge in [-0.15, -0.1) is 0 Å². The van der Waals surface area contributed by atoms with Crippen molar-refractivity contribution in [2.75, 3.05) is 18.4 Å². The molecule has 0 saturated heterocycles. The summed E-state index contributed by atoms with van der Waals surface area (Å²) in [5, 5.41) is 2.93. The van der Waals surface area contributed by atoms with Crippen LogP contribution in [-0.2, 0) is 6.18 Å². The van der Waals surface area contributed by atoms with Gasteiger partial charge in [0.1, 0.15) is 11.5 Å². The SMILES string of the molecule is CCC(CCN)CNc1cccc(C(F)(F)F)n1. The molecule has 0 spiro atoms. The van der Waals surface area contributed by atoms with E-state index in [-0.39, 0.29) is 5.82 Å². The fourth-order valence-electron chi connectivity index (χ4n) is 1.63. The Morgan fingerprint density at radius 3 is 2.67 bits per heavy atom. The average Bonchev–Trinajstić information content (AvgIpc) is 2.34. The molecular weight excluding hydrogens is 243 g/mol. The summed E-state index contributed by atoms with van der Waals surface area (Å²) < 4.78 is 37.3. The molecule has 1 aromatic rings. The molecule has 18 heavy (non-hydrogen) atoms. The first kappa shape index (κ1) is 14.8. The van der Waals surface area contributed by atoms with E-state index in [4.69, 9.17) is 5.73 Å². The molecule has 0 amide bonds. The Morgan fingerprint density at radius 2 is 2.11 bits per heavy atom. The number of nitrogens with one attached hydrogen (secondary N) is 1. The van der Waals surface area contributed by atoms with Crippen molar-refractivity contribution < 1.29 is 13.2 Å². The minimum Gasteiger partial charge on any atom is -0.370 e. The summed E-state index contributed by atoms with van der Waals surface area (Å²) in [5.41, 5.74) is 4.59. The van der Waals surface area contributed by atoms with Gasteiger partial charge in [0.25, 0.3) is 0 Å². The van der Waals surface area contributed by atoms with Gasteiger partial charge in [-0.3, -0.25) is 0 Å². The minimum atomic E-state index is -4.40. The molecule has 1 aromatic heterocycles. The van der Waals surface area contributed by atoms with E-state index in [0.717, 1.165) is 18.9 Å². The third-order valence-electron chi connectivity index (χ3n) is 2.76. The van der Waals surface area contributed by atoms with Crippen LogP contribution in [0.1, 0.15) is 25.5 Å². The molecular formula is C12H18F3N3. The number of nitrogens with two attached hydrogens (primary N) is 1. The second-order valence-corrected chi connectivity index (χ2v) is 4.14. The third-order valence-corrected chi connectivity index (χ3v) is 2.76. The maximum Gasteiger partial charge on any atom is 0.433 e. The highest BCUT2D eigenvalue weighted by Gasteiger charge is 2.32. The zero-order valence-electron chi connectivity index (χ0n) is 10.3. The number of nitrogens with zero attached hydrogens (tertiary/aromatic N) is 1. The number of rotatable bonds is 6. The Kier molecular flexibility index (Phi) is 5.40. The lowest BCUT2D eigenvalue weighted by atomic mass is 10.0. The molecule has 0 saturated carbocycles. The minimum absolute atomic E-state index is 0.250. The number of hydrogen-bond donors (Lipinski definition) is 2. The molecule has 1 unspecified atom stereocenters. The zero-order valence-corrected chi connectivity index (χ0v) is 10.3. The van der Waals surface area contributed by atoms with Crippen LogP contribution < -0.4 is 11.1 Å². The van der Waals surface area contributed by atoms with Gasteiger partial charge in [-0.2, -0.15) is 13.2 Å². The largest absolute Gasteiger partial charge is 0.433 e. The molecule has 1 atom stereocenters. The van der Waals surface area contributed by atoms with Crippen molar-refractivity contribution in [2.45, 2.75) is 25.9 Å². The van der Waals surface area contributed by atoms with E-state index in [2.05, 4.69) is 10.3 Å². The van der Waals surface area contributed by atoms with Crippen molar-refractivity contribution in [1.82, 2.24) is 4.98 Å². The van der Waals surface area contributed by atoms with Crippen molar-refractivity contribution in [3.8, 4) is 0 Å². The number of hydrogen-bond acceptors (Lipinski definition) is 3. The van der Waals surface area contributed by atoms with Crippen LogP contribution in [0.3, 0.4) is 0 Å². The highest BCUT2D eigenvalue weighted by atomic mass is 19.4. The lowest BCUT2D eigenvalue weighted by molar-refractivity contribution is -0.141. The second-order valence-electron chi connectivity index (χ2n) is 4.14. The van der Waals surface area contributed by atoms with E-state index in [9.17, 15) is 13.2 Å². The lowest BCUT2D eigenvalue weighted by Gasteiger charge is -2.15. The van der Waals surface area contributed by atoms with Crippen LogP contribution in [-0.4, -0.2) is 18.1 Å². The van der Waals surface area contributed by atoms with Crippen LogP contribution in [0.2, 0.25) is 0 Å². The van der Waals surface area contributed by atoms with Crippen LogP contribution in [0, 0.1) is 5.92 Å². The van der Waals surface area contributed by atoms with Crippen LogP contribution >= 0.6 is 0 Å². The Labute approximate surface area is 105 Å². The van der Waals surface area contributed by atoms with E-state index in [1.54, 1.807) is 0 Å². The highest BCUT2D eigenvalue weighted by molar-refractivity contribution is 5.35. The van der Waals surface area contributed by atoms with Gasteiger partial charge in [0.2, 0.25) is 0 Å². The van der Waals surface area contributed by atoms with E-state index in [1.165, 1.54) is 12.1 Å². The zero-order chi connectivity index (χ0) is 13.6. The molecule has 0 bridgehead atoms. The van der Waals surface area contributed by atoms with Gasteiger partial charge >= 0.3 is 6.18 Å². The predicted octanol–water partition coefficient (Wildman–Crippen LogP) is 2.89. The number of aromatic nitrogens is 1. The Balaban J connectivity index is 2.62. The third kappa shape index (κ3) is 4.52. The molecule has 3 N–H and O–H groups in total. The molecule has 0 radical (unpaired) electrons. The Bertz CT molecular complexity index is 366. The first-order valence-electron chi connectivity index (χ1n) is 5.95. The van der Waals surface area contributed by atoms with Crippen molar-refractivity contribution in [3.63, 3.8) is 0 Å². The van der Waals surface area contributed by atoms with Gasteiger partial charge in [0, 0.05) is 6.54 Å². The number of alkyl halides is 3. The lowest BCUT2D eigenvalue weighted by Crippen LogP contribution is -2.18. The first-order chi connectivity index (χ1) is 8.47. The first-order valence-corrected chi connectivity index (χ1v) is 5.95. The summed E-state index contributed by atoms with van der Waals surface area (Å²) in [4.78, 5) is 3.54. The summed E-state index contributed by atoms with van der Waals surface area (Å²) >= 11 is 0. The standard InChI is InChI=1S/C12H18F3N3/c1-2-9(6-7-16)8-17-11-5-3-4-10(18-11)12(13,14)15/h3-5,9H,2,6-8,16H2,1H3,(H,17,18). The Hall–Kier alpha value is -1.30. The highest BCUT2D eigenvalue weighted by Crippen LogP contribution is 2.28. The fourth-order valence-corrected chi connectivity index (χ4v) is 1.63. The maximum atomic E-state index is 12.4. The van der Waals surface area contributed by atoms with Crippen molar-refractivity contribution in [3.05, 3.63) is 23.9 Å². The molecule has 0 fully saturated rings. The molecule has 0 aromatic carbocycles.